The normalized spacial score (nSPS) is 10.9. The van der Waals surface area contributed by atoms with Gasteiger partial charge < -0.3 is 4.42 Å². The summed E-state index contributed by atoms with van der Waals surface area (Å²) in [6.45, 7) is 0. The van der Waals surface area contributed by atoms with Crippen LogP contribution in [0.3, 0.4) is 0 Å². The monoisotopic (exact) mass is 352 g/mol. The molecule has 0 radical (unpaired) electrons. The third kappa shape index (κ3) is 2.28. The molecule has 7 heteroatoms. The molecule has 0 aliphatic heterocycles. The van der Waals surface area contributed by atoms with Crippen molar-refractivity contribution in [3.8, 4) is 11.5 Å². The average Bonchev–Trinajstić information content (AvgIpc) is 2.83. The van der Waals surface area contributed by atoms with E-state index in [-0.39, 0.29) is 5.69 Å². The molecule has 5 nitrogen and oxygen atoms in total. The van der Waals surface area contributed by atoms with Crippen LogP contribution in [0.2, 0.25) is 5.02 Å². The Morgan fingerprint density at radius 2 is 2.05 bits per heavy atom. The molecule has 0 fully saturated rings. The third-order valence-electron chi connectivity index (χ3n) is 2.74. The molecule has 0 aliphatic rings. The Morgan fingerprint density at radius 3 is 2.80 bits per heavy atom. The molecule has 0 saturated carbocycles. The summed E-state index contributed by atoms with van der Waals surface area (Å²) in [5, 5.41) is 11.2. The summed E-state index contributed by atoms with van der Waals surface area (Å²) in [5.74, 6) is 0.326. The highest BCUT2D eigenvalue weighted by Crippen LogP contribution is 2.33. The lowest BCUT2D eigenvalue weighted by molar-refractivity contribution is -0.384. The highest BCUT2D eigenvalue weighted by atomic mass is 79.9. The van der Waals surface area contributed by atoms with E-state index in [1.54, 1.807) is 18.2 Å². The zero-order valence-electron chi connectivity index (χ0n) is 9.84. The van der Waals surface area contributed by atoms with E-state index >= 15 is 0 Å². The minimum atomic E-state index is -0.472. The van der Waals surface area contributed by atoms with Gasteiger partial charge in [0.15, 0.2) is 5.58 Å². The lowest BCUT2D eigenvalue weighted by Crippen LogP contribution is -1.86. The third-order valence-corrected chi connectivity index (χ3v) is 3.56. The largest absolute Gasteiger partial charge is 0.436 e. The molecule has 0 spiro atoms. The Balaban J connectivity index is 2.17. The highest BCUT2D eigenvalue weighted by molar-refractivity contribution is 9.10. The summed E-state index contributed by atoms with van der Waals surface area (Å²) in [6, 6.07) is 9.57. The summed E-state index contributed by atoms with van der Waals surface area (Å²) in [4.78, 5) is 14.5. The zero-order chi connectivity index (χ0) is 14.3. The number of rotatable bonds is 2. The first-order chi connectivity index (χ1) is 9.54. The molecular formula is C13H6BrClN2O3. The van der Waals surface area contributed by atoms with E-state index < -0.39 is 4.92 Å². The first-order valence-corrected chi connectivity index (χ1v) is 6.72. The number of hydrogen-bond acceptors (Lipinski definition) is 4. The van der Waals surface area contributed by atoms with Crippen molar-refractivity contribution in [2.75, 3.05) is 0 Å². The topological polar surface area (TPSA) is 69.2 Å². The molecule has 0 aliphatic carbocycles. The Bertz CT molecular complexity index is 832. The Labute approximate surface area is 126 Å². The average molecular weight is 354 g/mol. The van der Waals surface area contributed by atoms with Gasteiger partial charge in [-0.1, -0.05) is 27.5 Å². The molecule has 100 valence electrons. The van der Waals surface area contributed by atoms with Crippen LogP contribution in [0.15, 0.2) is 45.3 Å². The molecule has 0 unspecified atom stereocenters. The van der Waals surface area contributed by atoms with Gasteiger partial charge in [-0.15, -0.1) is 0 Å². The molecule has 0 amide bonds. The summed E-state index contributed by atoms with van der Waals surface area (Å²) in [5.41, 5.74) is 1.49. The molecule has 1 heterocycles. The van der Waals surface area contributed by atoms with Gasteiger partial charge in [0.1, 0.15) is 5.52 Å². The number of nitro benzene ring substituents is 1. The lowest BCUT2D eigenvalue weighted by Gasteiger charge is -1.99. The lowest BCUT2D eigenvalue weighted by atomic mass is 10.2. The Morgan fingerprint density at radius 1 is 1.25 bits per heavy atom. The SMILES string of the molecule is O=[N+]([O-])c1ccc2oc(-c3cc(Br)ccc3Cl)nc2c1. The minimum Gasteiger partial charge on any atom is -0.436 e. The fourth-order valence-corrected chi connectivity index (χ4v) is 2.37. The molecule has 3 aromatic rings. The van der Waals surface area contributed by atoms with Crippen LogP contribution in [0.1, 0.15) is 0 Å². The number of aromatic nitrogens is 1. The predicted octanol–water partition coefficient (Wildman–Crippen LogP) is 4.82. The second-order valence-corrected chi connectivity index (χ2v) is 5.38. The van der Waals surface area contributed by atoms with Crippen molar-refractivity contribution in [1.29, 1.82) is 0 Å². The molecule has 2 aromatic carbocycles. The smallest absolute Gasteiger partial charge is 0.271 e. The number of hydrogen-bond donors (Lipinski definition) is 0. The molecule has 0 N–H and O–H groups in total. The maximum absolute atomic E-state index is 10.7. The predicted molar refractivity (Wildman–Crippen MR) is 78.8 cm³/mol. The number of nitrogens with zero attached hydrogens (tertiary/aromatic N) is 2. The van der Waals surface area contributed by atoms with Crippen LogP contribution in [-0.4, -0.2) is 9.91 Å². The van der Waals surface area contributed by atoms with Gasteiger partial charge in [-0.25, -0.2) is 4.98 Å². The van der Waals surface area contributed by atoms with E-state index in [1.165, 1.54) is 18.2 Å². The number of benzene rings is 2. The number of halogens is 2. The highest BCUT2D eigenvalue weighted by Gasteiger charge is 2.14. The molecule has 0 atom stereocenters. The second-order valence-electron chi connectivity index (χ2n) is 4.05. The van der Waals surface area contributed by atoms with Crippen LogP contribution in [0.5, 0.6) is 0 Å². The Kier molecular flexibility index (Phi) is 3.19. The summed E-state index contributed by atoms with van der Waals surface area (Å²) in [6.07, 6.45) is 0. The quantitative estimate of drug-likeness (QED) is 0.489. The second kappa shape index (κ2) is 4.88. The van der Waals surface area contributed by atoms with Gasteiger partial charge in [0.05, 0.1) is 15.5 Å². The van der Waals surface area contributed by atoms with Crippen molar-refractivity contribution in [2.24, 2.45) is 0 Å². The summed E-state index contributed by atoms with van der Waals surface area (Å²) in [7, 11) is 0. The number of fused-ring (bicyclic) bond motifs is 1. The molecular weight excluding hydrogens is 348 g/mol. The molecule has 1 aromatic heterocycles. The van der Waals surface area contributed by atoms with Gasteiger partial charge >= 0.3 is 0 Å². The van der Waals surface area contributed by atoms with Crippen molar-refractivity contribution in [1.82, 2.24) is 4.98 Å². The first-order valence-electron chi connectivity index (χ1n) is 5.55. The van der Waals surface area contributed by atoms with Crippen molar-refractivity contribution in [3.63, 3.8) is 0 Å². The van der Waals surface area contributed by atoms with Crippen LogP contribution in [0, 0.1) is 10.1 Å². The van der Waals surface area contributed by atoms with Gasteiger partial charge in [-0.3, -0.25) is 10.1 Å². The van der Waals surface area contributed by atoms with E-state index in [2.05, 4.69) is 20.9 Å². The number of oxazole rings is 1. The van der Waals surface area contributed by atoms with Crippen molar-refractivity contribution < 1.29 is 9.34 Å². The van der Waals surface area contributed by atoms with Crippen LogP contribution >= 0.6 is 27.5 Å². The molecule has 0 saturated heterocycles. The van der Waals surface area contributed by atoms with Gasteiger partial charge in [-0.05, 0) is 24.3 Å². The first kappa shape index (κ1) is 13.1. The van der Waals surface area contributed by atoms with E-state index in [4.69, 9.17) is 16.0 Å². The Hall–Kier alpha value is -1.92. The number of nitro groups is 1. The number of non-ortho nitro benzene ring substituents is 1. The van der Waals surface area contributed by atoms with Gasteiger partial charge in [0.25, 0.3) is 5.69 Å². The van der Waals surface area contributed by atoms with Crippen LogP contribution in [0.4, 0.5) is 5.69 Å². The fourth-order valence-electron chi connectivity index (χ4n) is 1.81. The van der Waals surface area contributed by atoms with Crippen molar-refractivity contribution in [2.45, 2.75) is 0 Å². The van der Waals surface area contributed by atoms with Crippen LogP contribution in [0.25, 0.3) is 22.6 Å². The fraction of sp³-hybridized carbons (Fsp3) is 0. The maximum Gasteiger partial charge on any atom is 0.271 e. The molecule has 20 heavy (non-hydrogen) atoms. The standard InChI is InChI=1S/C13H6BrClN2O3/c14-7-1-3-10(15)9(5-7)13-16-11-6-8(17(18)19)2-4-12(11)20-13/h1-6H. The van der Waals surface area contributed by atoms with E-state index in [1.807, 2.05) is 0 Å². The van der Waals surface area contributed by atoms with Crippen molar-refractivity contribution in [3.05, 3.63) is 56.0 Å². The molecule has 0 bridgehead atoms. The van der Waals surface area contributed by atoms with Gasteiger partial charge in [0.2, 0.25) is 5.89 Å². The van der Waals surface area contributed by atoms with Crippen LogP contribution in [-0.2, 0) is 0 Å². The minimum absolute atomic E-state index is 0.0299. The van der Waals surface area contributed by atoms with E-state index in [9.17, 15) is 10.1 Å². The molecule has 3 rings (SSSR count). The van der Waals surface area contributed by atoms with Gasteiger partial charge in [-0.2, -0.15) is 0 Å². The summed E-state index contributed by atoms with van der Waals surface area (Å²) < 4.78 is 6.42. The van der Waals surface area contributed by atoms with Crippen LogP contribution < -0.4 is 0 Å². The van der Waals surface area contributed by atoms with Crippen molar-refractivity contribution >= 4 is 44.3 Å². The van der Waals surface area contributed by atoms with Gasteiger partial charge in [0, 0.05) is 16.6 Å². The zero-order valence-corrected chi connectivity index (χ0v) is 12.2. The van der Waals surface area contributed by atoms with E-state index in [0.717, 1.165) is 4.47 Å². The van der Waals surface area contributed by atoms with E-state index in [0.29, 0.717) is 27.6 Å². The summed E-state index contributed by atoms with van der Waals surface area (Å²) >= 11 is 9.46. The maximum atomic E-state index is 10.7.